The van der Waals surface area contributed by atoms with Gasteiger partial charge in [-0.15, -0.1) is 0 Å². The molecule has 7 nitrogen and oxygen atoms in total. The lowest BCUT2D eigenvalue weighted by atomic mass is 10.1. The van der Waals surface area contributed by atoms with Gasteiger partial charge in [-0.25, -0.2) is 9.37 Å². The number of nitrogens with zero attached hydrogens (tertiary/aromatic N) is 3. The number of fused-ring (bicyclic) bond motifs is 1. The van der Waals surface area contributed by atoms with Crippen LogP contribution in [-0.4, -0.2) is 32.2 Å². The normalized spacial score (nSPS) is 17.0. The molecule has 1 aliphatic rings. The Morgan fingerprint density at radius 1 is 1.21 bits per heavy atom. The number of halogens is 1. The van der Waals surface area contributed by atoms with Crippen LogP contribution >= 0.6 is 0 Å². The third kappa shape index (κ3) is 4.57. The summed E-state index contributed by atoms with van der Waals surface area (Å²) in [6.45, 7) is 2.96. The number of anilines is 1. The summed E-state index contributed by atoms with van der Waals surface area (Å²) in [5.41, 5.74) is 3.74. The fourth-order valence-corrected chi connectivity index (χ4v) is 4.27. The summed E-state index contributed by atoms with van der Waals surface area (Å²) in [5, 5.41) is 21.0. The van der Waals surface area contributed by atoms with Crippen molar-refractivity contribution in [3.63, 3.8) is 0 Å². The molecule has 174 valence electrons. The number of aromatic hydroxyl groups is 1. The summed E-state index contributed by atoms with van der Waals surface area (Å²) in [6.07, 6.45) is 3.46. The zero-order valence-electron chi connectivity index (χ0n) is 18.8. The highest BCUT2D eigenvalue weighted by atomic mass is 19.1. The number of nitrogens with one attached hydrogen (secondary N) is 2. The number of hydrogen-bond donors (Lipinski definition) is 3. The average molecular weight is 460 g/mol. The number of phenolic OH excluding ortho intramolecular Hbond substituents is 1. The smallest absolute Gasteiger partial charge is 0.223 e. The Kier molecular flexibility index (Phi) is 5.88. The SMILES string of the molecule is Cc1cnn2c(NCCC3C[C@@H]3C(=O)NCc3cccc(F)c3)cc(-c3ccccc3O)nc12. The van der Waals surface area contributed by atoms with E-state index >= 15 is 0 Å². The first-order valence-electron chi connectivity index (χ1n) is 11.4. The van der Waals surface area contributed by atoms with E-state index in [1.807, 2.05) is 25.1 Å². The van der Waals surface area contributed by atoms with E-state index in [0.717, 1.165) is 35.4 Å². The fraction of sp³-hybridized carbons (Fsp3) is 0.269. The van der Waals surface area contributed by atoms with Crippen molar-refractivity contribution in [3.8, 4) is 17.0 Å². The monoisotopic (exact) mass is 459 g/mol. The molecule has 0 bridgehead atoms. The molecule has 4 aromatic rings. The van der Waals surface area contributed by atoms with Crippen LogP contribution in [0.1, 0.15) is 24.0 Å². The molecule has 0 spiro atoms. The van der Waals surface area contributed by atoms with E-state index in [-0.39, 0.29) is 23.4 Å². The third-order valence-corrected chi connectivity index (χ3v) is 6.26. The van der Waals surface area contributed by atoms with Gasteiger partial charge in [-0.05, 0) is 55.5 Å². The lowest BCUT2D eigenvalue weighted by Gasteiger charge is -2.12. The molecule has 1 aliphatic carbocycles. The van der Waals surface area contributed by atoms with Crippen LogP contribution in [0.4, 0.5) is 10.2 Å². The molecule has 2 heterocycles. The number of rotatable bonds is 8. The minimum atomic E-state index is -0.301. The van der Waals surface area contributed by atoms with Crippen LogP contribution in [0, 0.1) is 24.6 Å². The third-order valence-electron chi connectivity index (χ3n) is 6.26. The van der Waals surface area contributed by atoms with Gasteiger partial charge in [0.2, 0.25) is 5.91 Å². The van der Waals surface area contributed by atoms with E-state index in [0.29, 0.717) is 30.3 Å². The van der Waals surface area contributed by atoms with Gasteiger partial charge in [-0.1, -0.05) is 24.3 Å². The van der Waals surface area contributed by atoms with Crippen molar-refractivity contribution in [3.05, 3.63) is 77.7 Å². The van der Waals surface area contributed by atoms with Gasteiger partial charge >= 0.3 is 0 Å². The van der Waals surface area contributed by atoms with Crippen molar-refractivity contribution >= 4 is 17.4 Å². The summed E-state index contributed by atoms with van der Waals surface area (Å²) < 4.78 is 15.1. The van der Waals surface area contributed by atoms with Crippen LogP contribution in [0.3, 0.4) is 0 Å². The molecule has 2 aromatic heterocycles. The van der Waals surface area contributed by atoms with Crippen LogP contribution in [0.5, 0.6) is 5.75 Å². The standard InChI is InChI=1S/C26H26FN5O2/c1-16-14-30-32-24(13-22(31-25(16)32)20-7-2-3-8-23(20)33)28-10-9-18-12-21(18)26(34)29-15-17-5-4-6-19(27)11-17/h2-8,11,13-14,18,21,28,33H,9-10,12,15H2,1H3,(H,29,34)/t18?,21-/m0/s1. The molecule has 0 radical (unpaired) electrons. The zero-order chi connectivity index (χ0) is 23.7. The molecule has 1 saturated carbocycles. The molecule has 2 atom stereocenters. The number of hydrogen-bond acceptors (Lipinski definition) is 5. The van der Waals surface area contributed by atoms with Gasteiger partial charge in [-0.3, -0.25) is 4.79 Å². The first-order chi connectivity index (χ1) is 16.5. The summed E-state index contributed by atoms with van der Waals surface area (Å²) in [7, 11) is 0. The number of amides is 1. The highest BCUT2D eigenvalue weighted by Gasteiger charge is 2.42. The molecule has 8 heteroatoms. The summed E-state index contributed by atoms with van der Waals surface area (Å²) >= 11 is 0. The predicted molar refractivity (Wildman–Crippen MR) is 128 cm³/mol. The Morgan fingerprint density at radius 3 is 2.88 bits per heavy atom. The molecular weight excluding hydrogens is 433 g/mol. The van der Waals surface area contributed by atoms with E-state index in [4.69, 9.17) is 4.98 Å². The van der Waals surface area contributed by atoms with Crippen molar-refractivity contribution in [1.29, 1.82) is 0 Å². The molecule has 1 amide bonds. The van der Waals surface area contributed by atoms with E-state index in [2.05, 4.69) is 15.7 Å². The van der Waals surface area contributed by atoms with Crippen LogP contribution in [0.15, 0.2) is 60.8 Å². The maximum atomic E-state index is 13.3. The zero-order valence-corrected chi connectivity index (χ0v) is 18.8. The van der Waals surface area contributed by atoms with Crippen LogP contribution in [0.2, 0.25) is 0 Å². The second-order valence-corrected chi connectivity index (χ2v) is 8.77. The topological polar surface area (TPSA) is 91.5 Å². The summed E-state index contributed by atoms with van der Waals surface area (Å²) in [6, 6.07) is 15.3. The quantitative estimate of drug-likeness (QED) is 0.365. The van der Waals surface area contributed by atoms with Gasteiger partial charge in [-0.2, -0.15) is 9.61 Å². The Hall–Kier alpha value is -3.94. The van der Waals surface area contributed by atoms with Crippen LogP contribution < -0.4 is 10.6 Å². The lowest BCUT2D eigenvalue weighted by Crippen LogP contribution is -2.25. The number of benzene rings is 2. The fourth-order valence-electron chi connectivity index (χ4n) is 4.27. The molecule has 34 heavy (non-hydrogen) atoms. The van der Waals surface area contributed by atoms with Gasteiger partial charge < -0.3 is 15.7 Å². The molecular formula is C26H26FN5O2. The number of para-hydroxylation sites is 1. The van der Waals surface area contributed by atoms with Gasteiger partial charge in [0, 0.05) is 36.2 Å². The number of aromatic nitrogens is 3. The molecule has 5 rings (SSSR count). The molecule has 0 saturated heterocycles. The second kappa shape index (κ2) is 9.13. The number of carbonyl (C=O) groups excluding carboxylic acids is 1. The summed E-state index contributed by atoms with van der Waals surface area (Å²) in [4.78, 5) is 17.1. The Bertz CT molecular complexity index is 1350. The van der Waals surface area contributed by atoms with Gasteiger partial charge in [0.1, 0.15) is 17.4 Å². The summed E-state index contributed by atoms with van der Waals surface area (Å²) in [5.74, 6) is 0.984. The Labute approximate surface area is 196 Å². The Balaban J connectivity index is 1.20. The number of phenols is 1. The van der Waals surface area contributed by atoms with Crippen molar-refractivity contribution in [2.24, 2.45) is 11.8 Å². The number of aryl methyl sites for hydroxylation is 1. The van der Waals surface area contributed by atoms with Gasteiger partial charge in [0.05, 0.1) is 11.9 Å². The minimum absolute atomic E-state index is 0.00315. The van der Waals surface area contributed by atoms with E-state index < -0.39 is 0 Å². The van der Waals surface area contributed by atoms with Crippen molar-refractivity contribution in [2.75, 3.05) is 11.9 Å². The van der Waals surface area contributed by atoms with Crippen molar-refractivity contribution in [1.82, 2.24) is 19.9 Å². The van der Waals surface area contributed by atoms with E-state index in [1.165, 1.54) is 12.1 Å². The first-order valence-corrected chi connectivity index (χ1v) is 11.4. The van der Waals surface area contributed by atoms with E-state index in [1.54, 1.807) is 35.0 Å². The predicted octanol–water partition coefficient (Wildman–Crippen LogP) is 4.30. The largest absolute Gasteiger partial charge is 0.507 e. The molecule has 0 aliphatic heterocycles. The average Bonchev–Trinajstić information content (AvgIpc) is 3.51. The van der Waals surface area contributed by atoms with Gasteiger partial charge in [0.25, 0.3) is 0 Å². The van der Waals surface area contributed by atoms with Crippen LogP contribution in [-0.2, 0) is 11.3 Å². The van der Waals surface area contributed by atoms with E-state index in [9.17, 15) is 14.3 Å². The minimum Gasteiger partial charge on any atom is -0.507 e. The van der Waals surface area contributed by atoms with Crippen molar-refractivity contribution < 1.29 is 14.3 Å². The maximum Gasteiger partial charge on any atom is 0.223 e. The lowest BCUT2D eigenvalue weighted by molar-refractivity contribution is -0.122. The molecule has 3 N–H and O–H groups in total. The van der Waals surface area contributed by atoms with Crippen molar-refractivity contribution in [2.45, 2.75) is 26.3 Å². The Morgan fingerprint density at radius 2 is 2.06 bits per heavy atom. The molecule has 1 fully saturated rings. The molecule has 2 aromatic carbocycles. The van der Waals surface area contributed by atoms with Gasteiger partial charge in [0.15, 0.2) is 5.65 Å². The first kappa shape index (κ1) is 21.9. The van der Waals surface area contributed by atoms with Crippen LogP contribution in [0.25, 0.3) is 16.9 Å². The highest BCUT2D eigenvalue weighted by molar-refractivity contribution is 5.81. The maximum absolute atomic E-state index is 13.3. The highest BCUT2D eigenvalue weighted by Crippen LogP contribution is 2.41. The molecule has 1 unspecified atom stereocenters. The number of carbonyl (C=O) groups is 1. The second-order valence-electron chi connectivity index (χ2n) is 8.77.